The molecule has 0 aliphatic carbocycles. The zero-order valence-electron chi connectivity index (χ0n) is 12.9. The van der Waals surface area contributed by atoms with Gasteiger partial charge in [0.15, 0.2) is 0 Å². The molecule has 2 heterocycles. The van der Waals surface area contributed by atoms with E-state index in [0.717, 1.165) is 27.4 Å². The summed E-state index contributed by atoms with van der Waals surface area (Å²) in [4.78, 5) is 4.67. The van der Waals surface area contributed by atoms with Crippen LogP contribution in [0.1, 0.15) is 0 Å². The molecule has 4 nitrogen and oxygen atoms in total. The van der Waals surface area contributed by atoms with Crippen LogP contribution in [0.25, 0.3) is 32.8 Å². The van der Waals surface area contributed by atoms with Crippen LogP contribution in [0.15, 0.2) is 64.4 Å². The van der Waals surface area contributed by atoms with E-state index < -0.39 is 0 Å². The van der Waals surface area contributed by atoms with Crippen molar-refractivity contribution in [2.75, 3.05) is 7.11 Å². The zero-order chi connectivity index (χ0) is 16.5. The van der Waals surface area contributed by atoms with Gasteiger partial charge in [0.1, 0.15) is 16.3 Å². The smallest absolute Gasteiger partial charge is 0.222 e. The molecule has 0 atom stereocenters. The zero-order valence-corrected chi connectivity index (χ0v) is 13.8. The van der Waals surface area contributed by atoms with Crippen molar-refractivity contribution in [1.82, 2.24) is 4.98 Å². The number of nitrogens with one attached hydrogen (secondary N) is 1. The van der Waals surface area contributed by atoms with Crippen molar-refractivity contribution in [3.05, 3.63) is 65.5 Å². The molecular weight excluding hydrogens is 320 g/mol. The summed E-state index contributed by atoms with van der Waals surface area (Å²) in [5.74, 6) is 0.755. The summed E-state index contributed by atoms with van der Waals surface area (Å²) in [5.41, 5.74) is 3.42. The maximum atomic E-state index is 8.17. The maximum absolute atomic E-state index is 8.17. The Balaban J connectivity index is 1.83. The topological polar surface area (TPSA) is 59.1 Å². The standard InChI is InChI=1S/C19H14N2O2S/c1-22-14-7-8-17-13(9-14)10-15(18(20)23-17)19-21-16(11-24-19)12-5-3-2-4-6-12/h2-11,20H,1H3. The Bertz CT molecular complexity index is 1070. The first-order valence-corrected chi connectivity index (χ1v) is 8.30. The molecule has 118 valence electrons. The summed E-state index contributed by atoms with van der Waals surface area (Å²) in [7, 11) is 1.63. The van der Waals surface area contributed by atoms with E-state index in [2.05, 4.69) is 4.98 Å². The first-order chi connectivity index (χ1) is 11.7. The minimum Gasteiger partial charge on any atom is -0.497 e. The van der Waals surface area contributed by atoms with Gasteiger partial charge < -0.3 is 9.15 Å². The Hall–Kier alpha value is -2.92. The number of rotatable bonds is 3. The fraction of sp³-hybridized carbons (Fsp3) is 0.0526. The van der Waals surface area contributed by atoms with Crippen molar-refractivity contribution in [3.8, 4) is 27.6 Å². The molecule has 0 saturated carbocycles. The second-order valence-electron chi connectivity index (χ2n) is 5.30. The molecule has 5 heteroatoms. The van der Waals surface area contributed by atoms with Crippen molar-refractivity contribution in [3.63, 3.8) is 0 Å². The van der Waals surface area contributed by atoms with Crippen molar-refractivity contribution >= 4 is 22.3 Å². The molecule has 4 aromatic rings. The summed E-state index contributed by atoms with van der Waals surface area (Å²) in [5, 5.41) is 11.8. The fourth-order valence-electron chi connectivity index (χ4n) is 2.54. The van der Waals surface area contributed by atoms with Crippen LogP contribution in [0, 0.1) is 5.41 Å². The lowest BCUT2D eigenvalue weighted by molar-refractivity contribution is 0.415. The number of methoxy groups -OCH3 is 1. The van der Waals surface area contributed by atoms with Gasteiger partial charge in [0.2, 0.25) is 5.55 Å². The average Bonchev–Trinajstić information content (AvgIpc) is 3.11. The lowest BCUT2D eigenvalue weighted by Crippen LogP contribution is -2.02. The molecule has 0 spiro atoms. The lowest BCUT2D eigenvalue weighted by Gasteiger charge is -2.04. The van der Waals surface area contributed by atoms with Gasteiger partial charge in [-0.25, -0.2) is 4.98 Å². The van der Waals surface area contributed by atoms with E-state index in [1.807, 2.05) is 60.0 Å². The highest BCUT2D eigenvalue weighted by molar-refractivity contribution is 7.13. The molecule has 0 unspecified atom stereocenters. The van der Waals surface area contributed by atoms with Gasteiger partial charge in [-0.2, -0.15) is 0 Å². The van der Waals surface area contributed by atoms with Crippen LogP contribution in [0.4, 0.5) is 0 Å². The maximum Gasteiger partial charge on any atom is 0.222 e. The largest absolute Gasteiger partial charge is 0.497 e. The summed E-state index contributed by atoms with van der Waals surface area (Å²) in [6, 6.07) is 17.5. The van der Waals surface area contributed by atoms with Crippen LogP contribution < -0.4 is 10.3 Å². The summed E-state index contributed by atoms with van der Waals surface area (Å²) < 4.78 is 10.9. The number of nitrogens with zero attached hydrogens (tertiary/aromatic N) is 1. The van der Waals surface area contributed by atoms with E-state index in [0.29, 0.717) is 11.1 Å². The van der Waals surface area contributed by atoms with Gasteiger partial charge >= 0.3 is 0 Å². The summed E-state index contributed by atoms with van der Waals surface area (Å²) in [6.07, 6.45) is 0. The lowest BCUT2D eigenvalue weighted by atomic mass is 10.1. The normalized spacial score (nSPS) is 10.9. The minimum absolute atomic E-state index is 0.113. The van der Waals surface area contributed by atoms with Gasteiger partial charge in [-0.3, -0.25) is 5.41 Å². The Labute approximate surface area is 142 Å². The van der Waals surface area contributed by atoms with Crippen molar-refractivity contribution in [1.29, 1.82) is 5.41 Å². The second-order valence-corrected chi connectivity index (χ2v) is 6.15. The van der Waals surface area contributed by atoms with Gasteiger partial charge in [0, 0.05) is 16.3 Å². The van der Waals surface area contributed by atoms with Gasteiger partial charge in [-0.05, 0) is 24.3 Å². The predicted octanol–water partition coefficient (Wildman–Crippen LogP) is 4.71. The predicted molar refractivity (Wildman–Crippen MR) is 95.2 cm³/mol. The van der Waals surface area contributed by atoms with E-state index in [1.54, 1.807) is 7.11 Å². The molecule has 0 radical (unpaired) electrons. The van der Waals surface area contributed by atoms with E-state index in [-0.39, 0.29) is 5.55 Å². The van der Waals surface area contributed by atoms with Crippen LogP contribution in [-0.4, -0.2) is 12.1 Å². The Morgan fingerprint density at radius 3 is 2.71 bits per heavy atom. The number of ether oxygens (including phenoxy) is 1. The number of hydrogen-bond donors (Lipinski definition) is 1. The Kier molecular flexibility index (Phi) is 3.63. The molecule has 1 N–H and O–H groups in total. The number of thiazole rings is 1. The third-order valence-corrected chi connectivity index (χ3v) is 4.65. The van der Waals surface area contributed by atoms with E-state index >= 15 is 0 Å². The molecule has 0 fully saturated rings. The molecule has 0 bridgehead atoms. The quantitative estimate of drug-likeness (QED) is 0.590. The molecule has 0 amide bonds. The Morgan fingerprint density at radius 2 is 1.92 bits per heavy atom. The molecule has 0 saturated heterocycles. The van der Waals surface area contributed by atoms with Crippen molar-refractivity contribution in [2.24, 2.45) is 0 Å². The highest BCUT2D eigenvalue weighted by Gasteiger charge is 2.11. The number of aromatic nitrogens is 1. The molecule has 2 aromatic heterocycles. The molecule has 4 rings (SSSR count). The summed E-state index contributed by atoms with van der Waals surface area (Å²) >= 11 is 1.51. The second kappa shape index (κ2) is 5.94. The highest BCUT2D eigenvalue weighted by Crippen LogP contribution is 2.29. The highest BCUT2D eigenvalue weighted by atomic mass is 32.1. The van der Waals surface area contributed by atoms with Gasteiger partial charge in [0.05, 0.1) is 18.4 Å². The summed E-state index contributed by atoms with van der Waals surface area (Å²) in [6.45, 7) is 0. The average molecular weight is 334 g/mol. The van der Waals surface area contributed by atoms with Crippen LogP contribution in [-0.2, 0) is 0 Å². The molecule has 2 aromatic carbocycles. The van der Waals surface area contributed by atoms with Crippen LogP contribution in [0.2, 0.25) is 0 Å². The van der Waals surface area contributed by atoms with Crippen molar-refractivity contribution < 1.29 is 9.15 Å². The van der Waals surface area contributed by atoms with Gasteiger partial charge in [-0.15, -0.1) is 11.3 Å². The molecular formula is C19H14N2O2S. The molecule has 0 aliphatic rings. The van der Waals surface area contributed by atoms with Crippen LogP contribution in [0.3, 0.4) is 0 Å². The molecule has 24 heavy (non-hydrogen) atoms. The number of fused-ring (bicyclic) bond motifs is 1. The number of benzene rings is 2. The number of hydrogen-bond acceptors (Lipinski definition) is 5. The van der Waals surface area contributed by atoms with E-state index in [4.69, 9.17) is 14.6 Å². The van der Waals surface area contributed by atoms with Crippen LogP contribution in [0.5, 0.6) is 5.75 Å². The first kappa shape index (κ1) is 14.7. The third kappa shape index (κ3) is 2.59. The fourth-order valence-corrected chi connectivity index (χ4v) is 3.38. The van der Waals surface area contributed by atoms with E-state index in [9.17, 15) is 0 Å². The van der Waals surface area contributed by atoms with E-state index in [1.165, 1.54) is 11.3 Å². The van der Waals surface area contributed by atoms with Gasteiger partial charge in [-0.1, -0.05) is 30.3 Å². The third-order valence-electron chi connectivity index (χ3n) is 3.78. The van der Waals surface area contributed by atoms with Crippen molar-refractivity contribution in [2.45, 2.75) is 0 Å². The van der Waals surface area contributed by atoms with Gasteiger partial charge in [0.25, 0.3) is 0 Å². The monoisotopic (exact) mass is 334 g/mol. The van der Waals surface area contributed by atoms with Crippen LogP contribution >= 0.6 is 11.3 Å². The molecule has 0 aliphatic heterocycles. The first-order valence-electron chi connectivity index (χ1n) is 7.42. The minimum atomic E-state index is 0.113. The SMILES string of the molecule is COc1ccc2oc(=N)c(-c3nc(-c4ccccc4)cs3)cc2c1. The Morgan fingerprint density at radius 1 is 1.08 bits per heavy atom.